The van der Waals surface area contributed by atoms with Gasteiger partial charge in [0.25, 0.3) is 0 Å². The highest BCUT2D eigenvalue weighted by Gasteiger charge is 2.33. The molecule has 1 heterocycles. The van der Waals surface area contributed by atoms with Crippen molar-refractivity contribution in [2.75, 3.05) is 25.2 Å². The maximum absolute atomic E-state index is 6.00. The van der Waals surface area contributed by atoms with Crippen molar-refractivity contribution in [3.63, 3.8) is 0 Å². The van der Waals surface area contributed by atoms with Crippen molar-refractivity contribution in [1.82, 2.24) is 4.98 Å². The van der Waals surface area contributed by atoms with Crippen LogP contribution in [-0.4, -0.2) is 31.3 Å². The van der Waals surface area contributed by atoms with Crippen LogP contribution >= 0.6 is 11.3 Å². The highest BCUT2D eigenvalue weighted by atomic mass is 32.1. The molecule has 0 aliphatic heterocycles. The molecule has 1 aliphatic rings. The zero-order chi connectivity index (χ0) is 14.0. The number of thiazole rings is 1. The number of hydrogen-bond donors (Lipinski definition) is 1. The zero-order valence-electron chi connectivity index (χ0n) is 12.3. The van der Waals surface area contributed by atoms with Crippen LogP contribution in [0, 0.1) is 12.8 Å². The van der Waals surface area contributed by atoms with Crippen molar-refractivity contribution in [3.05, 3.63) is 10.6 Å². The molecule has 0 aromatic carbocycles. The van der Waals surface area contributed by atoms with Crippen LogP contribution in [0.3, 0.4) is 0 Å². The van der Waals surface area contributed by atoms with Crippen LogP contribution in [0.15, 0.2) is 0 Å². The van der Waals surface area contributed by atoms with E-state index in [-0.39, 0.29) is 6.04 Å². The molecule has 19 heavy (non-hydrogen) atoms. The largest absolute Gasteiger partial charge is 0.383 e. The standard InChI is InChI=1S/C14H25N3OS/c1-9(15)13-10(2)16-14(19-13)17(7-8-18-4)11(3)12-5-6-12/h9,11-12H,5-8,15H2,1-4H3. The molecule has 0 spiro atoms. The smallest absolute Gasteiger partial charge is 0.186 e. The maximum atomic E-state index is 6.00. The van der Waals surface area contributed by atoms with E-state index in [9.17, 15) is 0 Å². The molecule has 2 unspecified atom stereocenters. The lowest BCUT2D eigenvalue weighted by molar-refractivity contribution is 0.202. The molecule has 1 aromatic rings. The van der Waals surface area contributed by atoms with Crippen LogP contribution in [0.1, 0.15) is 43.3 Å². The molecule has 2 atom stereocenters. The lowest BCUT2D eigenvalue weighted by Gasteiger charge is -2.28. The molecular weight excluding hydrogens is 258 g/mol. The van der Waals surface area contributed by atoms with Gasteiger partial charge in [-0.15, -0.1) is 11.3 Å². The first-order valence-corrected chi connectivity index (χ1v) is 7.84. The van der Waals surface area contributed by atoms with Crippen LogP contribution in [0.5, 0.6) is 0 Å². The van der Waals surface area contributed by atoms with Gasteiger partial charge in [0.1, 0.15) is 0 Å². The molecule has 1 aromatic heterocycles. The van der Waals surface area contributed by atoms with Gasteiger partial charge >= 0.3 is 0 Å². The van der Waals surface area contributed by atoms with Gasteiger partial charge in [-0.2, -0.15) is 0 Å². The Kier molecular flexibility index (Phi) is 4.81. The Morgan fingerprint density at radius 2 is 2.16 bits per heavy atom. The van der Waals surface area contributed by atoms with Gasteiger partial charge in [0.15, 0.2) is 5.13 Å². The number of methoxy groups -OCH3 is 1. The predicted octanol–water partition coefficient (Wildman–Crippen LogP) is 2.72. The molecule has 1 saturated carbocycles. The Morgan fingerprint density at radius 3 is 2.63 bits per heavy atom. The van der Waals surface area contributed by atoms with Gasteiger partial charge in [-0.25, -0.2) is 4.98 Å². The molecule has 1 aliphatic carbocycles. The zero-order valence-corrected chi connectivity index (χ0v) is 13.2. The molecule has 2 rings (SSSR count). The van der Waals surface area contributed by atoms with Crippen molar-refractivity contribution in [1.29, 1.82) is 0 Å². The van der Waals surface area contributed by atoms with Crippen molar-refractivity contribution in [2.45, 2.75) is 45.7 Å². The highest BCUT2D eigenvalue weighted by molar-refractivity contribution is 7.15. The normalized spacial score (nSPS) is 18.4. The monoisotopic (exact) mass is 283 g/mol. The molecule has 5 heteroatoms. The average Bonchev–Trinajstić information content (AvgIpc) is 3.13. The molecule has 4 nitrogen and oxygen atoms in total. The molecule has 108 valence electrons. The molecule has 2 N–H and O–H groups in total. The Morgan fingerprint density at radius 1 is 1.47 bits per heavy atom. The van der Waals surface area contributed by atoms with Gasteiger partial charge in [0.05, 0.1) is 12.3 Å². The van der Waals surface area contributed by atoms with Gasteiger partial charge in [-0.1, -0.05) is 0 Å². The summed E-state index contributed by atoms with van der Waals surface area (Å²) in [5.74, 6) is 0.819. The molecule has 0 amide bonds. The number of nitrogens with two attached hydrogens (primary N) is 1. The van der Waals surface area contributed by atoms with E-state index >= 15 is 0 Å². The van der Waals surface area contributed by atoms with Crippen molar-refractivity contribution >= 4 is 16.5 Å². The second kappa shape index (κ2) is 6.20. The number of aryl methyl sites for hydroxylation is 1. The quantitative estimate of drug-likeness (QED) is 0.836. The summed E-state index contributed by atoms with van der Waals surface area (Å²) >= 11 is 1.73. The average molecular weight is 283 g/mol. The first kappa shape index (κ1) is 14.8. The number of hydrogen-bond acceptors (Lipinski definition) is 5. The first-order chi connectivity index (χ1) is 9.04. The summed E-state index contributed by atoms with van der Waals surface area (Å²) in [6.45, 7) is 8.02. The summed E-state index contributed by atoms with van der Waals surface area (Å²) in [6, 6.07) is 0.605. The van der Waals surface area contributed by atoms with E-state index in [1.807, 2.05) is 6.92 Å². The van der Waals surface area contributed by atoms with E-state index in [2.05, 4.69) is 18.7 Å². The Labute approximate surface area is 120 Å². The summed E-state index contributed by atoms with van der Waals surface area (Å²) < 4.78 is 5.24. The molecule has 1 fully saturated rings. The van der Waals surface area contributed by atoms with Crippen LogP contribution in [-0.2, 0) is 4.74 Å². The fourth-order valence-corrected chi connectivity index (χ4v) is 3.57. The summed E-state index contributed by atoms with van der Waals surface area (Å²) in [5.41, 5.74) is 7.07. The third-order valence-corrected chi connectivity index (χ3v) is 5.21. The maximum Gasteiger partial charge on any atom is 0.186 e. The number of rotatable bonds is 7. The van der Waals surface area contributed by atoms with Crippen molar-refractivity contribution in [3.8, 4) is 0 Å². The minimum atomic E-state index is 0.0618. The van der Waals surface area contributed by atoms with Crippen LogP contribution in [0.25, 0.3) is 0 Å². The van der Waals surface area contributed by atoms with E-state index in [4.69, 9.17) is 15.5 Å². The highest BCUT2D eigenvalue weighted by Crippen LogP contribution is 2.39. The van der Waals surface area contributed by atoms with Gasteiger partial charge in [-0.05, 0) is 39.5 Å². The number of aromatic nitrogens is 1. The van der Waals surface area contributed by atoms with E-state index in [0.717, 1.165) is 29.9 Å². The fourth-order valence-electron chi connectivity index (χ4n) is 2.44. The number of nitrogens with zero attached hydrogens (tertiary/aromatic N) is 2. The second-order valence-electron chi connectivity index (χ2n) is 5.50. The number of ether oxygens (including phenoxy) is 1. The molecule has 0 saturated heterocycles. The predicted molar refractivity (Wildman–Crippen MR) is 80.9 cm³/mol. The summed E-state index contributed by atoms with van der Waals surface area (Å²) in [5, 5.41) is 1.10. The van der Waals surface area contributed by atoms with E-state index < -0.39 is 0 Å². The molecule has 0 radical (unpaired) electrons. The number of anilines is 1. The summed E-state index contributed by atoms with van der Waals surface area (Å²) in [6.07, 6.45) is 2.68. The van der Waals surface area contributed by atoms with Gasteiger partial charge in [0, 0.05) is 30.6 Å². The van der Waals surface area contributed by atoms with E-state index in [1.165, 1.54) is 17.7 Å². The lowest BCUT2D eigenvalue weighted by Crippen LogP contribution is -2.37. The third-order valence-electron chi connectivity index (χ3n) is 3.81. The van der Waals surface area contributed by atoms with Gasteiger partial charge in [-0.3, -0.25) is 0 Å². The molecular formula is C14H25N3OS. The Bertz CT molecular complexity index is 415. The van der Waals surface area contributed by atoms with Crippen molar-refractivity contribution in [2.24, 2.45) is 11.7 Å². The van der Waals surface area contributed by atoms with Crippen LogP contribution in [0.2, 0.25) is 0 Å². The van der Waals surface area contributed by atoms with E-state index in [1.54, 1.807) is 18.4 Å². The molecule has 0 bridgehead atoms. The van der Waals surface area contributed by atoms with Crippen LogP contribution in [0.4, 0.5) is 5.13 Å². The van der Waals surface area contributed by atoms with Gasteiger partial charge in [0.2, 0.25) is 0 Å². The van der Waals surface area contributed by atoms with Crippen LogP contribution < -0.4 is 10.6 Å². The topological polar surface area (TPSA) is 51.4 Å². The minimum absolute atomic E-state index is 0.0618. The SMILES string of the molecule is COCCN(c1nc(C)c(C(C)N)s1)C(C)C1CC1. The van der Waals surface area contributed by atoms with E-state index in [0.29, 0.717) is 6.04 Å². The third kappa shape index (κ3) is 3.46. The minimum Gasteiger partial charge on any atom is -0.383 e. The summed E-state index contributed by atoms with van der Waals surface area (Å²) in [4.78, 5) is 8.31. The Hall–Kier alpha value is -0.650. The first-order valence-electron chi connectivity index (χ1n) is 7.03. The Balaban J connectivity index is 2.18. The van der Waals surface area contributed by atoms with Crippen molar-refractivity contribution < 1.29 is 4.74 Å². The second-order valence-corrected chi connectivity index (χ2v) is 6.51. The fraction of sp³-hybridized carbons (Fsp3) is 0.786. The summed E-state index contributed by atoms with van der Waals surface area (Å²) in [7, 11) is 1.75. The lowest BCUT2D eigenvalue weighted by atomic mass is 10.2. The van der Waals surface area contributed by atoms with Gasteiger partial charge < -0.3 is 15.4 Å².